The summed E-state index contributed by atoms with van der Waals surface area (Å²) >= 11 is 5.88. The van der Waals surface area contributed by atoms with Crippen LogP contribution in [0.15, 0.2) is 24.3 Å². The highest BCUT2D eigenvalue weighted by molar-refractivity contribution is 6.30. The summed E-state index contributed by atoms with van der Waals surface area (Å²) in [7, 11) is 0. The van der Waals surface area contributed by atoms with Gasteiger partial charge in [-0.3, -0.25) is 4.79 Å². The first kappa shape index (κ1) is 14.6. The standard InChI is InChI=1S/C14H17ClN2O.ClH/c15-12-3-1-11(2-4-12)14(5-6-14)13(18)17-9-10-7-16-8-10;/h1-4,10,16H,5-9H2,(H,17,18);1H. The van der Waals surface area contributed by atoms with E-state index in [2.05, 4.69) is 10.6 Å². The number of nitrogens with one attached hydrogen (secondary N) is 2. The zero-order chi connectivity index (χ0) is 12.6. The molecule has 19 heavy (non-hydrogen) atoms. The number of amides is 1. The van der Waals surface area contributed by atoms with E-state index in [0.717, 1.165) is 43.1 Å². The molecule has 2 fully saturated rings. The Balaban J connectivity index is 0.00000133. The molecule has 1 heterocycles. The Morgan fingerprint density at radius 3 is 2.42 bits per heavy atom. The molecule has 5 heteroatoms. The zero-order valence-corrected chi connectivity index (χ0v) is 12.2. The highest BCUT2D eigenvalue weighted by Crippen LogP contribution is 2.48. The number of carbonyl (C=O) groups excluding carboxylic acids is 1. The fourth-order valence-electron chi connectivity index (χ4n) is 2.44. The van der Waals surface area contributed by atoms with Crippen molar-refractivity contribution >= 4 is 29.9 Å². The van der Waals surface area contributed by atoms with E-state index < -0.39 is 0 Å². The van der Waals surface area contributed by atoms with Gasteiger partial charge in [0.1, 0.15) is 0 Å². The molecular formula is C14H18Cl2N2O. The molecule has 3 rings (SSSR count). The highest BCUT2D eigenvalue weighted by atomic mass is 35.5. The van der Waals surface area contributed by atoms with Gasteiger partial charge >= 0.3 is 0 Å². The average Bonchev–Trinajstić information content (AvgIpc) is 3.09. The Hall–Kier alpha value is -0.770. The highest BCUT2D eigenvalue weighted by Gasteiger charge is 2.51. The Bertz CT molecular complexity index is 453. The van der Waals surface area contributed by atoms with Crippen LogP contribution in [0.2, 0.25) is 5.02 Å². The van der Waals surface area contributed by atoms with E-state index in [1.807, 2.05) is 24.3 Å². The van der Waals surface area contributed by atoms with Crippen LogP contribution in [0.5, 0.6) is 0 Å². The van der Waals surface area contributed by atoms with Crippen molar-refractivity contribution in [1.82, 2.24) is 10.6 Å². The van der Waals surface area contributed by atoms with Gasteiger partial charge in [-0.05, 0) is 30.5 Å². The third-order valence-corrected chi connectivity index (χ3v) is 4.25. The molecule has 1 saturated carbocycles. The van der Waals surface area contributed by atoms with E-state index in [9.17, 15) is 4.79 Å². The van der Waals surface area contributed by atoms with E-state index in [1.165, 1.54) is 0 Å². The molecule has 1 saturated heterocycles. The number of carbonyl (C=O) groups is 1. The van der Waals surface area contributed by atoms with E-state index in [-0.39, 0.29) is 23.7 Å². The predicted molar refractivity (Wildman–Crippen MR) is 79.0 cm³/mol. The molecule has 0 unspecified atom stereocenters. The topological polar surface area (TPSA) is 41.1 Å². The minimum atomic E-state index is -0.276. The Morgan fingerprint density at radius 1 is 1.32 bits per heavy atom. The molecule has 1 aliphatic heterocycles. The van der Waals surface area contributed by atoms with Gasteiger partial charge in [-0.25, -0.2) is 0 Å². The lowest BCUT2D eigenvalue weighted by atomic mass is 9.94. The summed E-state index contributed by atoms with van der Waals surface area (Å²) in [6.07, 6.45) is 1.90. The number of halogens is 2. The summed E-state index contributed by atoms with van der Waals surface area (Å²) in [5.41, 5.74) is 0.818. The monoisotopic (exact) mass is 300 g/mol. The van der Waals surface area contributed by atoms with E-state index >= 15 is 0 Å². The molecular weight excluding hydrogens is 283 g/mol. The van der Waals surface area contributed by atoms with Crippen LogP contribution in [0.3, 0.4) is 0 Å². The minimum absolute atomic E-state index is 0. The second-order valence-corrected chi connectivity index (χ2v) is 5.76. The van der Waals surface area contributed by atoms with E-state index in [1.54, 1.807) is 0 Å². The predicted octanol–water partition coefficient (Wildman–Crippen LogP) is 2.13. The second kappa shape index (κ2) is 5.70. The van der Waals surface area contributed by atoms with Crippen LogP contribution < -0.4 is 10.6 Å². The van der Waals surface area contributed by atoms with Crippen LogP contribution >= 0.6 is 24.0 Å². The van der Waals surface area contributed by atoms with Gasteiger partial charge in [-0.2, -0.15) is 0 Å². The van der Waals surface area contributed by atoms with Gasteiger partial charge in [0.05, 0.1) is 5.41 Å². The molecule has 2 aliphatic rings. The lowest BCUT2D eigenvalue weighted by Gasteiger charge is -2.28. The number of hydrogen-bond donors (Lipinski definition) is 2. The summed E-state index contributed by atoms with van der Waals surface area (Å²) in [5, 5.41) is 7.02. The maximum Gasteiger partial charge on any atom is 0.230 e. The third kappa shape index (κ3) is 2.88. The van der Waals surface area contributed by atoms with Crippen LogP contribution in [-0.2, 0) is 10.2 Å². The normalized spacial score (nSPS) is 20.1. The molecule has 0 atom stereocenters. The first-order chi connectivity index (χ1) is 8.71. The second-order valence-electron chi connectivity index (χ2n) is 5.32. The minimum Gasteiger partial charge on any atom is -0.355 e. The molecule has 1 aromatic rings. The number of benzene rings is 1. The van der Waals surface area contributed by atoms with Crippen molar-refractivity contribution in [3.8, 4) is 0 Å². The van der Waals surface area contributed by atoms with Gasteiger partial charge in [0, 0.05) is 30.6 Å². The molecule has 1 amide bonds. The molecule has 1 aromatic carbocycles. The lowest BCUT2D eigenvalue weighted by Crippen LogP contribution is -2.49. The Morgan fingerprint density at radius 2 is 1.95 bits per heavy atom. The van der Waals surface area contributed by atoms with Gasteiger partial charge in [-0.15, -0.1) is 12.4 Å². The first-order valence-corrected chi connectivity index (χ1v) is 6.83. The van der Waals surface area contributed by atoms with Crippen LogP contribution in [-0.4, -0.2) is 25.5 Å². The Kier molecular flexibility index (Phi) is 4.39. The molecule has 1 aliphatic carbocycles. The van der Waals surface area contributed by atoms with Gasteiger partial charge in [0.2, 0.25) is 5.91 Å². The molecule has 3 nitrogen and oxygen atoms in total. The molecule has 0 bridgehead atoms. The van der Waals surface area contributed by atoms with E-state index in [4.69, 9.17) is 11.6 Å². The Labute approximate surface area is 124 Å². The smallest absolute Gasteiger partial charge is 0.230 e. The van der Waals surface area contributed by atoms with Gasteiger partial charge in [0.15, 0.2) is 0 Å². The van der Waals surface area contributed by atoms with Crippen molar-refractivity contribution in [2.45, 2.75) is 18.3 Å². The molecule has 0 radical (unpaired) electrons. The van der Waals surface area contributed by atoms with Crippen molar-refractivity contribution in [2.24, 2.45) is 5.92 Å². The summed E-state index contributed by atoms with van der Waals surface area (Å²) in [6, 6.07) is 7.67. The summed E-state index contributed by atoms with van der Waals surface area (Å²) in [4.78, 5) is 12.3. The number of hydrogen-bond acceptors (Lipinski definition) is 2. The molecule has 104 valence electrons. The summed E-state index contributed by atoms with van der Waals surface area (Å²) < 4.78 is 0. The first-order valence-electron chi connectivity index (χ1n) is 6.46. The van der Waals surface area contributed by atoms with Gasteiger partial charge in [0.25, 0.3) is 0 Å². The maximum absolute atomic E-state index is 12.3. The summed E-state index contributed by atoms with van der Waals surface area (Å²) in [5.74, 6) is 0.784. The fourth-order valence-corrected chi connectivity index (χ4v) is 2.57. The van der Waals surface area contributed by atoms with Crippen molar-refractivity contribution < 1.29 is 4.79 Å². The molecule has 0 aromatic heterocycles. The van der Waals surface area contributed by atoms with Crippen molar-refractivity contribution in [1.29, 1.82) is 0 Å². The third-order valence-electron chi connectivity index (χ3n) is 4.00. The van der Waals surface area contributed by atoms with Gasteiger partial charge in [-0.1, -0.05) is 23.7 Å². The molecule has 2 N–H and O–H groups in total. The zero-order valence-electron chi connectivity index (χ0n) is 10.6. The lowest BCUT2D eigenvalue weighted by molar-refractivity contribution is -0.123. The SMILES string of the molecule is Cl.O=C(NCC1CNC1)C1(c2ccc(Cl)cc2)CC1. The van der Waals surface area contributed by atoms with Crippen LogP contribution in [0.4, 0.5) is 0 Å². The van der Waals surface area contributed by atoms with Crippen LogP contribution in [0.1, 0.15) is 18.4 Å². The number of rotatable bonds is 4. The van der Waals surface area contributed by atoms with Crippen molar-refractivity contribution in [2.75, 3.05) is 19.6 Å². The van der Waals surface area contributed by atoms with Crippen molar-refractivity contribution in [3.63, 3.8) is 0 Å². The quantitative estimate of drug-likeness (QED) is 0.894. The average molecular weight is 301 g/mol. The summed E-state index contributed by atoms with van der Waals surface area (Å²) in [6.45, 7) is 2.84. The fraction of sp³-hybridized carbons (Fsp3) is 0.500. The largest absolute Gasteiger partial charge is 0.355 e. The maximum atomic E-state index is 12.3. The van der Waals surface area contributed by atoms with E-state index in [0.29, 0.717) is 5.92 Å². The molecule has 0 spiro atoms. The van der Waals surface area contributed by atoms with Gasteiger partial charge < -0.3 is 10.6 Å². The van der Waals surface area contributed by atoms with Crippen LogP contribution in [0.25, 0.3) is 0 Å². The van der Waals surface area contributed by atoms with Crippen LogP contribution in [0, 0.1) is 5.92 Å². The van der Waals surface area contributed by atoms with Crippen molar-refractivity contribution in [3.05, 3.63) is 34.9 Å².